The minimum Gasteiger partial charge on any atom is -0.508 e. The van der Waals surface area contributed by atoms with E-state index in [1.165, 1.54) is 42.5 Å². The standard InChI is InChI=1S/C48H52O30/c49-14-28-34(59)36(61)39(64)47(74-28)72-25-7-1-17(9-23(25)53)2-8-30(55)76-42(44(65)66)43(45(67)68)77-32(57)13-31(56)69-16-29-35(60)37(62)41(78-46-38(63)33(58)24(54)15-70-46)48(75-29)73-27-12-21-22(52)10-20(51)11-26(21)71-40(27)18-3-5-19(50)6-4-18/h1-12,24,26,28-29,33-39,41-43,46-54,58-64H,13-16H2,(H,65,66)(H,67,68). The molecule has 30 nitrogen and oxygen atoms in total. The lowest BCUT2D eigenvalue weighted by Gasteiger charge is -2.45. The number of carboxylic acid groups (broad SMARTS) is 2. The molecule has 0 bridgehead atoms. The molecule has 30 heteroatoms. The number of hydrogen-bond donors (Lipinski definition) is 15. The number of rotatable bonds is 19. The van der Waals surface area contributed by atoms with Crippen molar-refractivity contribution in [3.8, 4) is 17.2 Å². The van der Waals surface area contributed by atoms with Crippen LogP contribution in [0, 0.1) is 0 Å². The van der Waals surface area contributed by atoms with Crippen LogP contribution >= 0.6 is 0 Å². The molecule has 0 aromatic heterocycles. The van der Waals surface area contributed by atoms with E-state index in [1.807, 2.05) is 0 Å². The van der Waals surface area contributed by atoms with Crippen LogP contribution in [0.15, 0.2) is 89.6 Å². The average molecular weight is 1110 g/mol. The number of aromatic hydroxyl groups is 2. The maximum atomic E-state index is 13.0. The summed E-state index contributed by atoms with van der Waals surface area (Å²) in [6.07, 6.45) is -28.6. The summed E-state index contributed by atoms with van der Waals surface area (Å²) in [6, 6.07) is 8.61. The largest absolute Gasteiger partial charge is 0.508 e. The molecular formula is C48H52O30. The molecule has 0 amide bonds. The zero-order chi connectivity index (χ0) is 56.9. The van der Waals surface area contributed by atoms with E-state index in [1.54, 1.807) is 0 Å². The molecule has 424 valence electrons. The SMILES string of the molecule is O=C(C=Cc1ccc(OC2OC(CO)C(O)C(O)C2O)c(O)c1)OC(C(=O)O)C(OC(=O)CC(=O)OCC1OC(OC2=C(c3ccc(O)cc3)OC3C=C(O)C=C(O)C3=C2)C(OC2OCC(O)C(O)C2O)C(O)C1O)C(=O)O. The van der Waals surface area contributed by atoms with Crippen molar-refractivity contribution in [1.82, 2.24) is 0 Å². The van der Waals surface area contributed by atoms with Crippen molar-refractivity contribution in [2.75, 3.05) is 19.8 Å². The third kappa shape index (κ3) is 13.4. The second kappa shape index (κ2) is 24.9. The van der Waals surface area contributed by atoms with Crippen molar-refractivity contribution in [1.29, 1.82) is 0 Å². The molecule has 17 unspecified atom stereocenters. The number of phenolic OH excluding ortho intramolecular Hbond substituents is 2. The summed E-state index contributed by atoms with van der Waals surface area (Å²) in [4.78, 5) is 62.9. The van der Waals surface area contributed by atoms with E-state index in [9.17, 15) is 101 Å². The minimum absolute atomic E-state index is 0.00958. The maximum absolute atomic E-state index is 13.0. The Bertz CT molecular complexity index is 2700. The van der Waals surface area contributed by atoms with Gasteiger partial charge in [0.25, 0.3) is 0 Å². The van der Waals surface area contributed by atoms with E-state index in [4.69, 9.17) is 47.4 Å². The summed E-state index contributed by atoms with van der Waals surface area (Å²) < 4.78 is 54.3. The van der Waals surface area contributed by atoms with Crippen LogP contribution in [0.1, 0.15) is 17.5 Å². The van der Waals surface area contributed by atoms with Gasteiger partial charge in [-0.15, -0.1) is 0 Å². The number of carbonyl (C=O) groups is 5. The fraction of sp³-hybridized carbons (Fsp3) is 0.438. The molecule has 7 rings (SSSR count). The first kappa shape index (κ1) is 58.3. The zero-order valence-electron chi connectivity index (χ0n) is 39.9. The number of aliphatic carboxylic acids is 2. The van der Waals surface area contributed by atoms with Gasteiger partial charge in [-0.3, -0.25) is 9.59 Å². The predicted octanol–water partition coefficient (Wildman–Crippen LogP) is -3.91. The van der Waals surface area contributed by atoms with E-state index in [-0.39, 0.29) is 45.5 Å². The smallest absolute Gasteiger partial charge is 0.349 e. The molecule has 4 aliphatic heterocycles. The summed E-state index contributed by atoms with van der Waals surface area (Å²) >= 11 is 0. The molecule has 4 heterocycles. The van der Waals surface area contributed by atoms with Crippen molar-refractivity contribution in [3.63, 3.8) is 0 Å². The average Bonchev–Trinajstić information content (AvgIpc) is 3.49. The molecule has 3 saturated heterocycles. The summed E-state index contributed by atoms with van der Waals surface area (Å²) in [5.41, 5.74) is 0.246. The molecule has 2 aromatic rings. The number of phenols is 2. The molecular weight excluding hydrogens is 1060 g/mol. The molecule has 0 spiro atoms. The molecule has 15 N–H and O–H groups in total. The Labute approximate surface area is 437 Å². The van der Waals surface area contributed by atoms with Crippen molar-refractivity contribution >= 4 is 41.7 Å². The van der Waals surface area contributed by atoms with E-state index in [2.05, 4.69) is 0 Å². The minimum atomic E-state index is -2.80. The lowest BCUT2D eigenvalue weighted by molar-refractivity contribution is -0.351. The van der Waals surface area contributed by atoms with Gasteiger partial charge in [0.2, 0.25) is 24.8 Å². The van der Waals surface area contributed by atoms with Crippen LogP contribution in [0.25, 0.3) is 11.8 Å². The monoisotopic (exact) mass is 1110 g/mol. The van der Waals surface area contributed by atoms with Gasteiger partial charge in [-0.05, 0) is 54.1 Å². The molecule has 0 saturated carbocycles. The number of aliphatic hydroxyl groups excluding tert-OH is 11. The van der Waals surface area contributed by atoms with Gasteiger partial charge in [-0.2, -0.15) is 0 Å². The summed E-state index contributed by atoms with van der Waals surface area (Å²) in [5.74, 6) is -11.5. The number of carbonyl (C=O) groups excluding carboxylic acids is 3. The van der Waals surface area contributed by atoms with Crippen LogP contribution < -0.4 is 4.74 Å². The normalized spacial score (nSPS) is 31.7. The Morgan fingerprint density at radius 1 is 0.692 bits per heavy atom. The highest BCUT2D eigenvalue weighted by atomic mass is 16.8. The highest BCUT2D eigenvalue weighted by Crippen LogP contribution is 2.39. The second-order valence-electron chi connectivity index (χ2n) is 17.7. The molecule has 1 aliphatic carbocycles. The predicted molar refractivity (Wildman–Crippen MR) is 246 cm³/mol. The molecule has 78 heavy (non-hydrogen) atoms. The van der Waals surface area contributed by atoms with Gasteiger partial charge >= 0.3 is 29.8 Å². The number of esters is 3. The topological polar surface area (TPSA) is 481 Å². The van der Waals surface area contributed by atoms with E-state index >= 15 is 0 Å². The van der Waals surface area contributed by atoms with Gasteiger partial charge in [0.1, 0.15) is 97.4 Å². The molecule has 2 aromatic carbocycles. The van der Waals surface area contributed by atoms with Crippen LogP contribution in [0.4, 0.5) is 0 Å². The fourth-order valence-electron chi connectivity index (χ4n) is 8.05. The first-order chi connectivity index (χ1) is 36.9. The molecule has 3 fully saturated rings. The van der Waals surface area contributed by atoms with Crippen LogP contribution in [-0.4, -0.2) is 231 Å². The van der Waals surface area contributed by atoms with Gasteiger partial charge in [-0.1, -0.05) is 6.07 Å². The van der Waals surface area contributed by atoms with Gasteiger partial charge in [0.05, 0.1) is 13.2 Å². The molecule has 0 radical (unpaired) electrons. The highest BCUT2D eigenvalue weighted by molar-refractivity contribution is 5.94. The van der Waals surface area contributed by atoms with Gasteiger partial charge < -0.3 is 124 Å². The first-order valence-electron chi connectivity index (χ1n) is 23.2. The number of fused-ring (bicyclic) bond motifs is 1. The van der Waals surface area contributed by atoms with E-state index in [0.717, 1.165) is 24.3 Å². The van der Waals surface area contributed by atoms with Gasteiger partial charge in [-0.25, -0.2) is 14.4 Å². The first-order valence-corrected chi connectivity index (χ1v) is 23.2. The lowest BCUT2D eigenvalue weighted by Crippen LogP contribution is -2.63. The second-order valence-corrected chi connectivity index (χ2v) is 17.7. The van der Waals surface area contributed by atoms with E-state index in [0.29, 0.717) is 6.08 Å². The third-order valence-corrected chi connectivity index (χ3v) is 12.2. The van der Waals surface area contributed by atoms with Crippen molar-refractivity contribution in [2.45, 2.75) is 111 Å². The Morgan fingerprint density at radius 3 is 2.01 bits per heavy atom. The fourth-order valence-corrected chi connectivity index (χ4v) is 8.05. The summed E-state index contributed by atoms with van der Waals surface area (Å²) in [7, 11) is 0. The van der Waals surface area contributed by atoms with Crippen molar-refractivity contribution in [3.05, 3.63) is 101 Å². The number of allylic oxidation sites excluding steroid dienone is 2. The Balaban J connectivity index is 1.00. The highest BCUT2D eigenvalue weighted by Gasteiger charge is 2.51. The number of benzene rings is 2. The Hall–Kier alpha value is -7.43. The lowest BCUT2D eigenvalue weighted by atomic mass is 9.96. The van der Waals surface area contributed by atoms with Crippen LogP contribution in [-0.2, 0) is 66.6 Å². The van der Waals surface area contributed by atoms with Crippen molar-refractivity contribution in [2.24, 2.45) is 0 Å². The van der Waals surface area contributed by atoms with Gasteiger partial charge in [0, 0.05) is 29.4 Å². The Morgan fingerprint density at radius 2 is 1.35 bits per heavy atom. The number of hydrogen-bond acceptors (Lipinski definition) is 28. The number of carboxylic acids is 2. The van der Waals surface area contributed by atoms with Crippen LogP contribution in [0.5, 0.6) is 17.2 Å². The molecule has 5 aliphatic rings. The molecule has 17 atom stereocenters. The van der Waals surface area contributed by atoms with Gasteiger partial charge in [0.15, 0.2) is 35.4 Å². The quantitative estimate of drug-likeness (QED) is 0.0277. The van der Waals surface area contributed by atoms with Crippen LogP contribution in [0.3, 0.4) is 0 Å². The van der Waals surface area contributed by atoms with Crippen molar-refractivity contribution < 1.29 is 148 Å². The summed E-state index contributed by atoms with van der Waals surface area (Å²) in [5, 5.41) is 154. The maximum Gasteiger partial charge on any atom is 0.349 e. The summed E-state index contributed by atoms with van der Waals surface area (Å²) in [6.45, 7) is -2.39. The number of aliphatic hydroxyl groups is 11. The third-order valence-electron chi connectivity index (χ3n) is 12.2. The zero-order valence-corrected chi connectivity index (χ0v) is 39.9. The number of ether oxygens (including phenoxy) is 10. The van der Waals surface area contributed by atoms with E-state index < -0.39 is 172 Å². The van der Waals surface area contributed by atoms with Crippen LogP contribution in [0.2, 0.25) is 0 Å². The Kier molecular flexibility index (Phi) is 18.6.